The van der Waals surface area contributed by atoms with Crippen LogP contribution >= 0.6 is 23.2 Å². The molecule has 2 aromatic rings. The van der Waals surface area contributed by atoms with Crippen LogP contribution in [-0.2, 0) is 14.3 Å². The fourth-order valence-electron chi connectivity index (χ4n) is 3.87. The third-order valence-corrected chi connectivity index (χ3v) is 5.76. The zero-order chi connectivity index (χ0) is 19.8. The van der Waals surface area contributed by atoms with Gasteiger partial charge in [-0.05, 0) is 54.2 Å². The first-order valence-corrected chi connectivity index (χ1v) is 9.88. The summed E-state index contributed by atoms with van der Waals surface area (Å²) in [6, 6.07) is 12.9. The van der Waals surface area contributed by atoms with Gasteiger partial charge in [-0.15, -0.1) is 0 Å². The smallest absolute Gasteiger partial charge is 0.326 e. The van der Waals surface area contributed by atoms with Gasteiger partial charge in [0.1, 0.15) is 18.8 Å². The molecule has 1 N–H and O–H groups in total. The second-order valence-electron chi connectivity index (χ2n) is 7.20. The minimum absolute atomic E-state index is 0.0330. The Hall–Kier alpha value is -2.08. The lowest BCUT2D eigenvalue weighted by atomic mass is 9.90. The van der Waals surface area contributed by atoms with Gasteiger partial charge in [-0.3, -0.25) is 4.79 Å². The molecule has 2 fully saturated rings. The first-order chi connectivity index (χ1) is 13.5. The van der Waals surface area contributed by atoms with Gasteiger partial charge < -0.3 is 14.7 Å². The molecule has 1 amide bonds. The largest absolute Gasteiger partial charge is 0.480 e. The average Bonchev–Trinajstić information content (AvgIpc) is 3.48. The number of rotatable bonds is 5. The maximum Gasteiger partial charge on any atom is 0.326 e. The second kappa shape index (κ2) is 7.74. The van der Waals surface area contributed by atoms with Crippen LogP contribution in [0.15, 0.2) is 48.5 Å². The van der Waals surface area contributed by atoms with E-state index in [1.807, 2.05) is 24.3 Å². The molecule has 146 valence electrons. The average molecular weight is 420 g/mol. The molecular weight excluding hydrogens is 401 g/mol. The molecule has 7 heteroatoms. The number of nitrogens with zero attached hydrogens (tertiary/aromatic N) is 1. The topological polar surface area (TPSA) is 66.8 Å². The van der Waals surface area contributed by atoms with E-state index in [2.05, 4.69) is 0 Å². The summed E-state index contributed by atoms with van der Waals surface area (Å²) in [7, 11) is 0. The first kappa shape index (κ1) is 19.2. The monoisotopic (exact) mass is 419 g/mol. The molecule has 0 spiro atoms. The molecule has 0 aromatic heterocycles. The summed E-state index contributed by atoms with van der Waals surface area (Å²) in [4.78, 5) is 26.4. The van der Waals surface area contributed by atoms with Gasteiger partial charge in [0.05, 0.1) is 6.04 Å². The van der Waals surface area contributed by atoms with Crippen LogP contribution in [0.4, 0.5) is 0 Å². The Morgan fingerprint density at radius 3 is 2.39 bits per heavy atom. The fourth-order valence-corrected chi connectivity index (χ4v) is 4.20. The normalized spacial score (nSPS) is 23.5. The number of halogens is 2. The van der Waals surface area contributed by atoms with Crippen LogP contribution in [0.3, 0.4) is 0 Å². The molecule has 2 aliphatic rings. The third kappa shape index (κ3) is 3.75. The molecule has 4 rings (SSSR count). The van der Waals surface area contributed by atoms with Crippen molar-refractivity contribution in [1.29, 1.82) is 0 Å². The van der Waals surface area contributed by atoms with E-state index < -0.39 is 24.2 Å². The molecule has 1 saturated carbocycles. The molecule has 2 aromatic carbocycles. The van der Waals surface area contributed by atoms with E-state index in [0.29, 0.717) is 10.0 Å². The number of carboxylic acid groups (broad SMARTS) is 1. The summed E-state index contributed by atoms with van der Waals surface area (Å²) in [6.45, 7) is -0.169. The van der Waals surface area contributed by atoms with Gasteiger partial charge in [0.2, 0.25) is 5.91 Å². The molecule has 1 aliphatic carbocycles. The van der Waals surface area contributed by atoms with E-state index in [4.69, 9.17) is 27.9 Å². The number of carboxylic acids is 1. The van der Waals surface area contributed by atoms with Gasteiger partial charge in [-0.2, -0.15) is 0 Å². The van der Waals surface area contributed by atoms with E-state index in [9.17, 15) is 14.7 Å². The van der Waals surface area contributed by atoms with E-state index in [-0.39, 0.29) is 18.4 Å². The van der Waals surface area contributed by atoms with Crippen molar-refractivity contribution in [2.75, 3.05) is 6.61 Å². The van der Waals surface area contributed by atoms with Gasteiger partial charge in [-0.25, -0.2) is 4.79 Å². The summed E-state index contributed by atoms with van der Waals surface area (Å²) in [5.41, 5.74) is 1.57. The van der Waals surface area contributed by atoms with Crippen molar-refractivity contribution >= 4 is 35.1 Å². The number of ether oxygens (including phenoxy) is 1. The molecule has 0 radical (unpaired) electrons. The van der Waals surface area contributed by atoms with Crippen LogP contribution in [0.2, 0.25) is 10.0 Å². The number of hydrogen-bond donors (Lipinski definition) is 1. The van der Waals surface area contributed by atoms with Crippen molar-refractivity contribution in [2.24, 2.45) is 5.92 Å². The molecule has 5 nitrogen and oxygen atoms in total. The van der Waals surface area contributed by atoms with Crippen molar-refractivity contribution < 1.29 is 19.4 Å². The highest BCUT2D eigenvalue weighted by Crippen LogP contribution is 2.46. The highest BCUT2D eigenvalue weighted by Gasteiger charge is 2.49. The molecule has 0 bridgehead atoms. The second-order valence-corrected chi connectivity index (χ2v) is 8.08. The minimum atomic E-state index is -0.985. The van der Waals surface area contributed by atoms with Crippen molar-refractivity contribution in [3.63, 3.8) is 0 Å². The molecule has 1 heterocycles. The van der Waals surface area contributed by atoms with Crippen molar-refractivity contribution in [3.8, 4) is 0 Å². The number of benzene rings is 2. The highest BCUT2D eigenvalue weighted by atomic mass is 35.5. The number of carbonyl (C=O) groups excluding carboxylic acids is 1. The van der Waals surface area contributed by atoms with Gasteiger partial charge in [0.15, 0.2) is 0 Å². The fraction of sp³-hybridized carbons (Fsp3) is 0.333. The van der Waals surface area contributed by atoms with Crippen LogP contribution in [0.5, 0.6) is 0 Å². The Morgan fingerprint density at radius 1 is 1.07 bits per heavy atom. The lowest BCUT2D eigenvalue weighted by Gasteiger charge is -2.44. The SMILES string of the molecule is O=C(O)C(C1CC1)N1C(=O)CO[C@@H](c2cccc(Cl)c2)[C@H]1c1ccc(Cl)cc1. The zero-order valence-electron chi connectivity index (χ0n) is 14.9. The van der Waals surface area contributed by atoms with E-state index >= 15 is 0 Å². The predicted octanol–water partition coefficient (Wildman–Crippen LogP) is 4.50. The molecule has 28 heavy (non-hydrogen) atoms. The molecule has 3 atom stereocenters. The number of carbonyl (C=O) groups is 2. The van der Waals surface area contributed by atoms with E-state index in [1.54, 1.807) is 24.3 Å². The van der Waals surface area contributed by atoms with Crippen LogP contribution in [-0.4, -0.2) is 34.5 Å². The molecule has 1 aliphatic heterocycles. The standard InChI is InChI=1S/C21H19Cl2NO4/c22-15-8-6-12(7-9-15)18-20(14-2-1-3-16(23)10-14)28-11-17(25)24(18)19(21(26)27)13-4-5-13/h1-3,6-10,13,18-20H,4-5,11H2,(H,26,27)/t18-,19?,20+/m1/s1. The van der Waals surface area contributed by atoms with Gasteiger partial charge >= 0.3 is 5.97 Å². The molecular formula is C21H19Cl2NO4. The highest BCUT2D eigenvalue weighted by molar-refractivity contribution is 6.30. The minimum Gasteiger partial charge on any atom is -0.480 e. The van der Waals surface area contributed by atoms with Gasteiger partial charge in [0.25, 0.3) is 0 Å². The number of morpholine rings is 1. The maximum absolute atomic E-state index is 12.9. The lowest BCUT2D eigenvalue weighted by molar-refractivity contribution is -0.172. The Labute approximate surface area is 172 Å². The Balaban J connectivity index is 1.82. The molecule has 1 unspecified atom stereocenters. The van der Waals surface area contributed by atoms with Crippen molar-refractivity contribution in [2.45, 2.75) is 31.0 Å². The van der Waals surface area contributed by atoms with Crippen molar-refractivity contribution in [1.82, 2.24) is 4.90 Å². The quantitative estimate of drug-likeness (QED) is 0.774. The number of hydrogen-bond acceptors (Lipinski definition) is 3. The third-order valence-electron chi connectivity index (χ3n) is 5.27. The van der Waals surface area contributed by atoms with Crippen LogP contribution < -0.4 is 0 Å². The summed E-state index contributed by atoms with van der Waals surface area (Å²) in [5, 5.41) is 11.0. The summed E-state index contributed by atoms with van der Waals surface area (Å²) in [6.07, 6.45) is 1.08. The van der Waals surface area contributed by atoms with Crippen LogP contribution in [0.1, 0.15) is 36.1 Å². The van der Waals surface area contributed by atoms with E-state index in [0.717, 1.165) is 24.0 Å². The first-order valence-electron chi connectivity index (χ1n) is 9.12. The van der Waals surface area contributed by atoms with Crippen LogP contribution in [0, 0.1) is 5.92 Å². The van der Waals surface area contributed by atoms with Crippen LogP contribution in [0.25, 0.3) is 0 Å². The Morgan fingerprint density at radius 2 is 1.79 bits per heavy atom. The summed E-state index contributed by atoms with van der Waals surface area (Å²) in [5.74, 6) is -1.34. The summed E-state index contributed by atoms with van der Waals surface area (Å²) < 4.78 is 5.91. The zero-order valence-corrected chi connectivity index (χ0v) is 16.4. The number of amides is 1. The van der Waals surface area contributed by atoms with Gasteiger partial charge in [-0.1, -0.05) is 47.5 Å². The lowest BCUT2D eigenvalue weighted by Crippen LogP contribution is -2.54. The van der Waals surface area contributed by atoms with E-state index in [1.165, 1.54) is 4.90 Å². The van der Waals surface area contributed by atoms with Crippen molar-refractivity contribution in [3.05, 3.63) is 69.7 Å². The Kier molecular flexibility index (Phi) is 5.32. The predicted molar refractivity (Wildman–Crippen MR) is 105 cm³/mol. The summed E-state index contributed by atoms with van der Waals surface area (Å²) >= 11 is 12.2. The van der Waals surface area contributed by atoms with Gasteiger partial charge in [0, 0.05) is 10.0 Å². The maximum atomic E-state index is 12.9. The molecule has 1 saturated heterocycles. The Bertz CT molecular complexity index is 898. The number of aliphatic carboxylic acids is 1.